The summed E-state index contributed by atoms with van der Waals surface area (Å²) in [6, 6.07) is 7.87. The first-order valence-corrected chi connectivity index (χ1v) is 8.29. The summed E-state index contributed by atoms with van der Waals surface area (Å²) in [7, 11) is 1.66. The first kappa shape index (κ1) is 19.7. The maximum absolute atomic E-state index is 12.5. The van der Waals surface area contributed by atoms with Crippen molar-refractivity contribution in [2.75, 3.05) is 26.7 Å². The molecule has 1 atom stereocenters. The quantitative estimate of drug-likeness (QED) is 0.698. The summed E-state index contributed by atoms with van der Waals surface area (Å²) in [5, 5.41) is 0. The molecular formula is C19H28ClNO2. The molecule has 0 aromatic heterocycles. The molecule has 0 N–H and O–H groups in total. The predicted molar refractivity (Wildman–Crippen MR) is 98.4 cm³/mol. The van der Waals surface area contributed by atoms with E-state index in [0.29, 0.717) is 5.78 Å². The van der Waals surface area contributed by atoms with E-state index < -0.39 is 0 Å². The summed E-state index contributed by atoms with van der Waals surface area (Å²) in [6.45, 7) is 7.50. The fourth-order valence-corrected chi connectivity index (χ4v) is 3.04. The number of hydrogen-bond acceptors (Lipinski definition) is 3. The van der Waals surface area contributed by atoms with Crippen LogP contribution in [0.25, 0.3) is 6.08 Å². The third-order valence-corrected chi connectivity index (χ3v) is 4.59. The van der Waals surface area contributed by atoms with Crippen molar-refractivity contribution in [2.24, 2.45) is 5.92 Å². The Balaban J connectivity index is 0.00000264. The van der Waals surface area contributed by atoms with E-state index in [2.05, 4.69) is 18.7 Å². The van der Waals surface area contributed by atoms with Gasteiger partial charge < -0.3 is 9.64 Å². The summed E-state index contributed by atoms with van der Waals surface area (Å²) in [5.74, 6) is 1.41. The molecule has 0 amide bonds. The standard InChI is InChI=1S/C19H27NO2.ClH/c1-4-20(5-2)13-12-16-8-9-17(19(16)21)14-15-6-10-18(22-3)11-7-15;/h6-7,10-11,14,16H,4-5,8-9,12-13H2,1-3H3;1H/b17-14+;. The first-order valence-electron chi connectivity index (χ1n) is 8.29. The minimum atomic E-state index is 0. The second-order valence-corrected chi connectivity index (χ2v) is 5.86. The zero-order valence-electron chi connectivity index (χ0n) is 14.4. The molecule has 1 unspecified atom stereocenters. The van der Waals surface area contributed by atoms with Crippen molar-refractivity contribution < 1.29 is 9.53 Å². The van der Waals surface area contributed by atoms with Gasteiger partial charge in [-0.2, -0.15) is 0 Å². The van der Waals surface area contributed by atoms with Gasteiger partial charge in [-0.3, -0.25) is 4.79 Å². The van der Waals surface area contributed by atoms with Crippen molar-refractivity contribution in [1.29, 1.82) is 0 Å². The number of Topliss-reactive ketones (excluding diaryl/α,β-unsaturated/α-hetero) is 1. The Hall–Kier alpha value is -1.32. The molecule has 4 heteroatoms. The number of allylic oxidation sites excluding steroid dienone is 1. The largest absolute Gasteiger partial charge is 0.497 e. The Kier molecular flexibility index (Phi) is 8.35. The number of ketones is 1. The highest BCUT2D eigenvalue weighted by Gasteiger charge is 2.28. The molecule has 1 aliphatic rings. The lowest BCUT2D eigenvalue weighted by Crippen LogP contribution is -2.26. The number of ether oxygens (including phenoxy) is 1. The van der Waals surface area contributed by atoms with Crippen molar-refractivity contribution in [3.63, 3.8) is 0 Å². The van der Waals surface area contributed by atoms with E-state index >= 15 is 0 Å². The van der Waals surface area contributed by atoms with Crippen LogP contribution >= 0.6 is 12.4 Å². The zero-order valence-corrected chi connectivity index (χ0v) is 15.2. The van der Waals surface area contributed by atoms with Gasteiger partial charge >= 0.3 is 0 Å². The van der Waals surface area contributed by atoms with Gasteiger partial charge in [-0.1, -0.05) is 26.0 Å². The van der Waals surface area contributed by atoms with Crippen LogP contribution in [0.2, 0.25) is 0 Å². The van der Waals surface area contributed by atoms with Crippen LogP contribution < -0.4 is 4.74 Å². The summed E-state index contributed by atoms with van der Waals surface area (Å²) in [4.78, 5) is 14.9. The minimum absolute atomic E-state index is 0. The van der Waals surface area contributed by atoms with Crippen molar-refractivity contribution in [3.05, 3.63) is 35.4 Å². The molecule has 3 nitrogen and oxygen atoms in total. The molecule has 1 aromatic rings. The highest BCUT2D eigenvalue weighted by atomic mass is 35.5. The van der Waals surface area contributed by atoms with Gasteiger partial charge in [0.25, 0.3) is 0 Å². The van der Waals surface area contributed by atoms with Crippen LogP contribution in [0.4, 0.5) is 0 Å². The number of benzene rings is 1. The van der Waals surface area contributed by atoms with E-state index in [4.69, 9.17) is 4.74 Å². The molecule has 1 saturated carbocycles. The molecule has 0 aliphatic heterocycles. The SMILES string of the molecule is CCN(CC)CCC1CC/C(=C\c2ccc(OC)cc2)C1=O.Cl. The second kappa shape index (κ2) is 9.74. The van der Waals surface area contributed by atoms with Crippen LogP contribution in [0.3, 0.4) is 0 Å². The van der Waals surface area contributed by atoms with E-state index in [-0.39, 0.29) is 18.3 Å². The van der Waals surface area contributed by atoms with Gasteiger partial charge in [-0.25, -0.2) is 0 Å². The van der Waals surface area contributed by atoms with Crippen LogP contribution in [-0.2, 0) is 4.79 Å². The molecule has 0 saturated heterocycles. The molecule has 128 valence electrons. The topological polar surface area (TPSA) is 29.5 Å². The number of nitrogens with zero attached hydrogens (tertiary/aromatic N) is 1. The van der Waals surface area contributed by atoms with Gasteiger partial charge in [-0.05, 0) is 68.2 Å². The number of methoxy groups -OCH3 is 1. The molecule has 0 spiro atoms. The van der Waals surface area contributed by atoms with Crippen LogP contribution in [0.5, 0.6) is 5.75 Å². The van der Waals surface area contributed by atoms with Crippen LogP contribution in [0.1, 0.15) is 38.7 Å². The van der Waals surface area contributed by atoms with Gasteiger partial charge in [0, 0.05) is 5.92 Å². The van der Waals surface area contributed by atoms with Gasteiger partial charge in [0.2, 0.25) is 0 Å². The molecule has 1 aromatic carbocycles. The normalized spacial score (nSPS) is 19.2. The Labute approximate surface area is 146 Å². The number of halogens is 1. The van der Waals surface area contributed by atoms with Gasteiger partial charge in [-0.15, -0.1) is 12.4 Å². The molecule has 2 rings (SSSR count). The number of rotatable bonds is 7. The third kappa shape index (κ3) is 5.36. The van der Waals surface area contributed by atoms with Gasteiger partial charge in [0.1, 0.15) is 5.75 Å². The van der Waals surface area contributed by atoms with Crippen LogP contribution in [0.15, 0.2) is 29.8 Å². The van der Waals surface area contributed by atoms with Crippen molar-refractivity contribution in [2.45, 2.75) is 33.1 Å². The molecule has 23 heavy (non-hydrogen) atoms. The van der Waals surface area contributed by atoms with Crippen molar-refractivity contribution in [1.82, 2.24) is 4.90 Å². The van der Waals surface area contributed by atoms with Gasteiger partial charge in [0.15, 0.2) is 5.78 Å². The monoisotopic (exact) mass is 337 g/mol. The van der Waals surface area contributed by atoms with Gasteiger partial charge in [0.05, 0.1) is 7.11 Å². The number of hydrogen-bond donors (Lipinski definition) is 0. The fraction of sp³-hybridized carbons (Fsp3) is 0.526. The summed E-state index contributed by atoms with van der Waals surface area (Å²) in [5.41, 5.74) is 2.06. The summed E-state index contributed by atoms with van der Waals surface area (Å²) < 4.78 is 5.16. The second-order valence-electron chi connectivity index (χ2n) is 5.86. The molecule has 1 aliphatic carbocycles. The average molecular weight is 338 g/mol. The zero-order chi connectivity index (χ0) is 15.9. The lowest BCUT2D eigenvalue weighted by molar-refractivity contribution is -0.118. The molecule has 0 bridgehead atoms. The highest BCUT2D eigenvalue weighted by molar-refractivity contribution is 6.03. The van der Waals surface area contributed by atoms with E-state index in [9.17, 15) is 4.79 Å². The third-order valence-electron chi connectivity index (χ3n) is 4.59. The highest BCUT2D eigenvalue weighted by Crippen LogP contribution is 2.31. The molecule has 0 radical (unpaired) electrons. The van der Waals surface area contributed by atoms with Crippen LogP contribution in [-0.4, -0.2) is 37.4 Å². The lowest BCUT2D eigenvalue weighted by atomic mass is 10.0. The Morgan fingerprint density at radius 2 is 1.87 bits per heavy atom. The van der Waals surface area contributed by atoms with E-state index in [1.165, 1.54) is 0 Å². The smallest absolute Gasteiger partial charge is 0.162 e. The number of carbonyl (C=O) groups is 1. The fourth-order valence-electron chi connectivity index (χ4n) is 3.04. The minimum Gasteiger partial charge on any atom is -0.497 e. The molecular weight excluding hydrogens is 310 g/mol. The Bertz CT molecular complexity index is 521. The van der Waals surface area contributed by atoms with E-state index in [1.54, 1.807) is 7.11 Å². The lowest BCUT2D eigenvalue weighted by Gasteiger charge is -2.19. The summed E-state index contributed by atoms with van der Waals surface area (Å²) >= 11 is 0. The van der Waals surface area contributed by atoms with E-state index in [0.717, 1.165) is 55.8 Å². The maximum atomic E-state index is 12.5. The predicted octanol–water partition coefficient (Wildman–Crippen LogP) is 4.21. The van der Waals surface area contributed by atoms with E-state index in [1.807, 2.05) is 30.3 Å². The number of carbonyl (C=O) groups excluding carboxylic acids is 1. The first-order chi connectivity index (χ1) is 10.7. The maximum Gasteiger partial charge on any atom is 0.162 e. The molecule has 0 heterocycles. The van der Waals surface area contributed by atoms with Crippen LogP contribution in [0, 0.1) is 5.92 Å². The Morgan fingerprint density at radius 1 is 1.22 bits per heavy atom. The van der Waals surface area contributed by atoms with Crippen molar-refractivity contribution >= 4 is 24.3 Å². The summed E-state index contributed by atoms with van der Waals surface area (Å²) in [6.07, 6.45) is 4.94. The molecule has 1 fully saturated rings. The average Bonchev–Trinajstić information content (AvgIpc) is 2.90. The Morgan fingerprint density at radius 3 is 2.43 bits per heavy atom. The van der Waals surface area contributed by atoms with Crippen molar-refractivity contribution in [3.8, 4) is 5.75 Å².